The topological polar surface area (TPSA) is 0 Å². The molecule has 0 atom stereocenters. The van der Waals surface area contributed by atoms with E-state index in [1.54, 1.807) is 0 Å². The fourth-order valence-corrected chi connectivity index (χ4v) is 2.01. The van der Waals surface area contributed by atoms with Crippen LogP contribution in [0.2, 0.25) is 0 Å². The summed E-state index contributed by atoms with van der Waals surface area (Å²) in [4.78, 5) is 0. The normalized spacial score (nSPS) is 8.68. The lowest BCUT2D eigenvalue weighted by molar-refractivity contribution is 1.48. The average Bonchev–Trinajstić information content (AvgIpc) is 2.51. The van der Waals surface area contributed by atoms with E-state index in [1.807, 2.05) is 39.8 Å². The summed E-state index contributed by atoms with van der Waals surface area (Å²) < 4.78 is 0. The second-order valence-corrected chi connectivity index (χ2v) is 3.63. The van der Waals surface area contributed by atoms with Crippen LogP contribution in [-0.4, -0.2) is 0 Å². The molecule has 0 aliphatic carbocycles. The minimum atomic E-state index is 1.15. The van der Waals surface area contributed by atoms with Gasteiger partial charge in [-0.25, -0.2) is 0 Å². The number of aryl methyl sites for hydroxylation is 1. The number of rotatable bonds is 2. The van der Waals surface area contributed by atoms with Crippen molar-refractivity contribution in [2.75, 3.05) is 0 Å². The highest BCUT2D eigenvalue weighted by Gasteiger charge is 2.04. The van der Waals surface area contributed by atoms with Crippen molar-refractivity contribution in [3.8, 4) is 0 Å². The van der Waals surface area contributed by atoms with Crippen molar-refractivity contribution in [3.05, 3.63) is 60.2 Å². The smallest absolute Gasteiger partial charge is 0.0148 e. The van der Waals surface area contributed by atoms with Gasteiger partial charge in [-0.15, -0.1) is 0 Å². The lowest BCUT2D eigenvalue weighted by atomic mass is 9.95. The Morgan fingerprint density at radius 3 is 2.00 bits per heavy atom. The van der Waals surface area contributed by atoms with Gasteiger partial charge in [0.15, 0.2) is 0 Å². The lowest BCUT2D eigenvalue weighted by Crippen LogP contribution is -1.88. The van der Waals surface area contributed by atoms with Crippen molar-refractivity contribution in [1.82, 2.24) is 0 Å². The molecule has 0 N–H and O–H groups in total. The largest absolute Gasteiger partial charge is 0.0984 e. The molecule has 2 aromatic carbocycles. The SMILES string of the molecule is C=Cc1cc2ccccc2c(C)c1C=C.CC.CC. The van der Waals surface area contributed by atoms with Gasteiger partial charge in [-0.05, 0) is 40.5 Å². The fraction of sp³-hybridized carbons (Fsp3) is 0.263. The van der Waals surface area contributed by atoms with Crippen molar-refractivity contribution < 1.29 is 0 Å². The predicted octanol–water partition coefficient (Wildman–Crippen LogP) is 6.49. The highest BCUT2D eigenvalue weighted by Crippen LogP contribution is 2.26. The zero-order valence-electron chi connectivity index (χ0n) is 13.0. The first-order valence-corrected chi connectivity index (χ1v) is 7.05. The van der Waals surface area contributed by atoms with E-state index in [0.29, 0.717) is 0 Å². The lowest BCUT2D eigenvalue weighted by Gasteiger charge is -2.09. The Labute approximate surface area is 118 Å². The van der Waals surface area contributed by atoms with E-state index < -0.39 is 0 Å². The predicted molar refractivity (Wildman–Crippen MR) is 91.6 cm³/mol. The highest BCUT2D eigenvalue weighted by atomic mass is 14.1. The number of benzene rings is 2. The third-order valence-electron chi connectivity index (χ3n) is 2.81. The molecule has 0 amide bonds. The van der Waals surface area contributed by atoms with Crippen molar-refractivity contribution >= 4 is 22.9 Å². The Balaban J connectivity index is 0.000000741. The summed E-state index contributed by atoms with van der Waals surface area (Å²) in [6.07, 6.45) is 3.79. The van der Waals surface area contributed by atoms with Crippen LogP contribution in [0.3, 0.4) is 0 Å². The highest BCUT2D eigenvalue weighted by molar-refractivity contribution is 5.91. The molecule has 0 nitrogen and oxygen atoms in total. The van der Waals surface area contributed by atoms with Gasteiger partial charge in [0, 0.05) is 0 Å². The Hall–Kier alpha value is -1.82. The zero-order chi connectivity index (χ0) is 14.8. The molecule has 2 rings (SSSR count). The molecule has 0 radical (unpaired) electrons. The van der Waals surface area contributed by atoms with E-state index in [2.05, 4.69) is 50.4 Å². The fourth-order valence-electron chi connectivity index (χ4n) is 2.01. The number of hydrogen-bond acceptors (Lipinski definition) is 0. The molecular formula is C19H26. The van der Waals surface area contributed by atoms with E-state index in [9.17, 15) is 0 Å². The van der Waals surface area contributed by atoms with E-state index in [-0.39, 0.29) is 0 Å². The summed E-state index contributed by atoms with van der Waals surface area (Å²) in [6, 6.07) is 10.6. The van der Waals surface area contributed by atoms with Gasteiger partial charge in [0.25, 0.3) is 0 Å². The minimum Gasteiger partial charge on any atom is -0.0984 e. The van der Waals surface area contributed by atoms with Crippen LogP contribution in [0.5, 0.6) is 0 Å². The summed E-state index contributed by atoms with van der Waals surface area (Å²) >= 11 is 0. The molecule has 102 valence electrons. The molecular weight excluding hydrogens is 228 g/mol. The van der Waals surface area contributed by atoms with E-state index >= 15 is 0 Å². The first-order chi connectivity index (χ1) is 9.27. The zero-order valence-corrected chi connectivity index (χ0v) is 13.0. The Kier molecular flexibility index (Phi) is 8.28. The number of fused-ring (bicyclic) bond motifs is 1. The molecule has 0 saturated heterocycles. The number of hydrogen-bond donors (Lipinski definition) is 0. The first-order valence-electron chi connectivity index (χ1n) is 7.05. The Morgan fingerprint density at radius 1 is 0.895 bits per heavy atom. The van der Waals surface area contributed by atoms with Crippen LogP contribution >= 0.6 is 0 Å². The molecule has 0 heteroatoms. The Bertz CT molecular complexity index is 533. The van der Waals surface area contributed by atoms with Crippen LogP contribution in [0.25, 0.3) is 22.9 Å². The van der Waals surface area contributed by atoms with Gasteiger partial charge in [0.1, 0.15) is 0 Å². The van der Waals surface area contributed by atoms with Gasteiger partial charge in [-0.1, -0.05) is 77.3 Å². The van der Waals surface area contributed by atoms with Crippen LogP contribution in [-0.2, 0) is 0 Å². The summed E-state index contributed by atoms with van der Waals surface area (Å²) in [6.45, 7) is 17.8. The maximum Gasteiger partial charge on any atom is -0.0148 e. The molecule has 0 spiro atoms. The van der Waals surface area contributed by atoms with Gasteiger partial charge in [0.2, 0.25) is 0 Å². The van der Waals surface area contributed by atoms with Crippen LogP contribution < -0.4 is 0 Å². The molecule has 0 aliphatic heterocycles. The monoisotopic (exact) mass is 254 g/mol. The van der Waals surface area contributed by atoms with E-state index in [0.717, 1.165) is 5.56 Å². The van der Waals surface area contributed by atoms with Gasteiger partial charge in [-0.2, -0.15) is 0 Å². The van der Waals surface area contributed by atoms with Gasteiger partial charge in [0.05, 0.1) is 0 Å². The van der Waals surface area contributed by atoms with Crippen molar-refractivity contribution in [2.45, 2.75) is 34.6 Å². The second kappa shape index (κ2) is 9.16. The third kappa shape index (κ3) is 3.82. The molecule has 0 bridgehead atoms. The Morgan fingerprint density at radius 2 is 1.47 bits per heavy atom. The molecule has 0 heterocycles. The standard InChI is InChI=1S/C15H14.2C2H6/c1-4-12-10-13-8-6-7-9-15(13)11(3)14(12)5-2;2*1-2/h4-10H,1-2H2,3H3;2*1-2H3. The van der Waals surface area contributed by atoms with Crippen molar-refractivity contribution in [1.29, 1.82) is 0 Å². The van der Waals surface area contributed by atoms with E-state index in [1.165, 1.54) is 21.9 Å². The molecule has 2 aromatic rings. The molecule has 0 aliphatic rings. The summed E-state index contributed by atoms with van der Waals surface area (Å²) in [5.41, 5.74) is 3.61. The summed E-state index contributed by atoms with van der Waals surface area (Å²) in [5, 5.41) is 2.55. The van der Waals surface area contributed by atoms with Crippen molar-refractivity contribution in [2.24, 2.45) is 0 Å². The molecule has 19 heavy (non-hydrogen) atoms. The van der Waals surface area contributed by atoms with Crippen LogP contribution in [0, 0.1) is 6.92 Å². The molecule has 0 unspecified atom stereocenters. The van der Waals surface area contributed by atoms with Gasteiger partial charge < -0.3 is 0 Å². The molecule has 0 fully saturated rings. The van der Waals surface area contributed by atoms with Crippen molar-refractivity contribution in [3.63, 3.8) is 0 Å². The van der Waals surface area contributed by atoms with Gasteiger partial charge >= 0.3 is 0 Å². The minimum absolute atomic E-state index is 1.15. The molecule has 0 saturated carbocycles. The van der Waals surface area contributed by atoms with Crippen LogP contribution in [0.1, 0.15) is 44.4 Å². The summed E-state index contributed by atoms with van der Waals surface area (Å²) in [5.74, 6) is 0. The first kappa shape index (κ1) is 17.2. The maximum absolute atomic E-state index is 3.86. The van der Waals surface area contributed by atoms with Crippen LogP contribution in [0.15, 0.2) is 43.5 Å². The molecule has 0 aromatic heterocycles. The quantitative estimate of drug-likeness (QED) is 0.575. The summed E-state index contributed by atoms with van der Waals surface area (Å²) in [7, 11) is 0. The van der Waals surface area contributed by atoms with Gasteiger partial charge in [-0.3, -0.25) is 0 Å². The maximum atomic E-state index is 3.86. The second-order valence-electron chi connectivity index (χ2n) is 3.63. The third-order valence-corrected chi connectivity index (χ3v) is 2.81. The van der Waals surface area contributed by atoms with Crippen LogP contribution in [0.4, 0.5) is 0 Å². The van der Waals surface area contributed by atoms with E-state index in [4.69, 9.17) is 0 Å². The average molecular weight is 254 g/mol.